The van der Waals surface area contributed by atoms with Crippen LogP contribution in [0.5, 0.6) is 0 Å². The first kappa shape index (κ1) is 13.8. The van der Waals surface area contributed by atoms with E-state index in [0.29, 0.717) is 5.92 Å². The molecule has 0 fully saturated rings. The summed E-state index contributed by atoms with van der Waals surface area (Å²) in [5.41, 5.74) is 3.78. The van der Waals surface area contributed by atoms with Gasteiger partial charge >= 0.3 is 0 Å². The molecule has 1 N–H and O–H groups in total. The molecule has 2 rings (SSSR count). The van der Waals surface area contributed by atoms with Crippen LogP contribution in [0.15, 0.2) is 48.5 Å². The van der Waals surface area contributed by atoms with Crippen molar-refractivity contribution in [1.82, 2.24) is 5.32 Å². The van der Waals surface area contributed by atoms with E-state index in [-0.39, 0.29) is 5.82 Å². The lowest BCUT2D eigenvalue weighted by Gasteiger charge is -2.18. The van der Waals surface area contributed by atoms with E-state index in [2.05, 4.69) is 36.5 Å². The number of aryl methyl sites for hydroxylation is 1. The Morgan fingerprint density at radius 2 is 1.84 bits per heavy atom. The molecule has 0 radical (unpaired) electrons. The molecule has 0 heterocycles. The van der Waals surface area contributed by atoms with E-state index in [4.69, 9.17) is 0 Å². The highest BCUT2D eigenvalue weighted by atomic mass is 19.1. The van der Waals surface area contributed by atoms with Gasteiger partial charge in [0.15, 0.2) is 0 Å². The Kier molecular flexibility index (Phi) is 4.69. The van der Waals surface area contributed by atoms with Gasteiger partial charge in [0.2, 0.25) is 0 Å². The monoisotopic (exact) mass is 257 g/mol. The molecule has 0 aliphatic carbocycles. The van der Waals surface area contributed by atoms with Crippen molar-refractivity contribution >= 4 is 0 Å². The molecule has 0 aliphatic rings. The van der Waals surface area contributed by atoms with Gasteiger partial charge in [-0.25, -0.2) is 4.39 Å². The fraction of sp³-hybridized carbons (Fsp3) is 0.294. The Balaban J connectivity index is 2.18. The van der Waals surface area contributed by atoms with E-state index in [1.807, 2.05) is 19.2 Å². The van der Waals surface area contributed by atoms with Gasteiger partial charge in [-0.05, 0) is 43.7 Å². The van der Waals surface area contributed by atoms with Crippen molar-refractivity contribution in [1.29, 1.82) is 0 Å². The zero-order valence-corrected chi connectivity index (χ0v) is 11.5. The lowest BCUT2D eigenvalue weighted by atomic mass is 9.91. The number of hydrogen-bond acceptors (Lipinski definition) is 1. The van der Waals surface area contributed by atoms with Crippen LogP contribution in [-0.2, 0) is 6.42 Å². The van der Waals surface area contributed by atoms with Gasteiger partial charge in [0, 0.05) is 12.5 Å². The van der Waals surface area contributed by atoms with Crippen LogP contribution in [-0.4, -0.2) is 13.6 Å². The van der Waals surface area contributed by atoms with Gasteiger partial charge in [-0.3, -0.25) is 0 Å². The zero-order chi connectivity index (χ0) is 13.7. The molecule has 1 unspecified atom stereocenters. The van der Waals surface area contributed by atoms with Crippen LogP contribution in [0.1, 0.15) is 22.6 Å². The highest BCUT2D eigenvalue weighted by Crippen LogP contribution is 2.21. The summed E-state index contributed by atoms with van der Waals surface area (Å²) in [5, 5.41) is 3.24. The first-order valence-corrected chi connectivity index (χ1v) is 6.64. The summed E-state index contributed by atoms with van der Waals surface area (Å²) in [5.74, 6) is 0.236. The molecule has 0 aromatic heterocycles. The summed E-state index contributed by atoms with van der Waals surface area (Å²) in [6.07, 6.45) is 0.921. The Bertz CT molecular complexity index is 519. The number of benzene rings is 2. The van der Waals surface area contributed by atoms with Gasteiger partial charge in [0.05, 0.1) is 0 Å². The molecule has 2 aromatic rings. The van der Waals surface area contributed by atoms with Gasteiger partial charge < -0.3 is 5.32 Å². The van der Waals surface area contributed by atoms with E-state index in [1.54, 1.807) is 0 Å². The minimum absolute atomic E-state index is 0.176. The van der Waals surface area contributed by atoms with E-state index in [1.165, 1.54) is 28.8 Å². The molecule has 0 bridgehead atoms. The lowest BCUT2D eigenvalue weighted by Crippen LogP contribution is -2.19. The van der Waals surface area contributed by atoms with Crippen molar-refractivity contribution in [3.63, 3.8) is 0 Å². The molecule has 19 heavy (non-hydrogen) atoms. The molecule has 0 amide bonds. The van der Waals surface area contributed by atoms with Crippen molar-refractivity contribution < 1.29 is 4.39 Å². The summed E-state index contributed by atoms with van der Waals surface area (Å²) in [6.45, 7) is 3.03. The third-order valence-corrected chi connectivity index (χ3v) is 3.36. The minimum Gasteiger partial charge on any atom is -0.319 e. The van der Waals surface area contributed by atoms with Gasteiger partial charge in [0.25, 0.3) is 0 Å². The van der Waals surface area contributed by atoms with Crippen molar-refractivity contribution in [2.75, 3.05) is 13.6 Å². The molecular weight excluding hydrogens is 237 g/mol. The predicted molar refractivity (Wildman–Crippen MR) is 78.0 cm³/mol. The highest BCUT2D eigenvalue weighted by Gasteiger charge is 2.11. The molecule has 100 valence electrons. The van der Waals surface area contributed by atoms with Crippen molar-refractivity contribution in [3.8, 4) is 0 Å². The standard InChI is InChI=1S/C17H20FN/c1-13-4-3-5-15(10-13)16(12-19-2)11-14-6-8-17(18)9-7-14/h3-10,16,19H,11-12H2,1-2H3. The number of likely N-dealkylation sites (N-methyl/N-ethyl adjacent to an activating group) is 1. The fourth-order valence-corrected chi connectivity index (χ4v) is 2.38. The molecule has 0 saturated carbocycles. The number of nitrogens with one attached hydrogen (secondary N) is 1. The van der Waals surface area contributed by atoms with Gasteiger partial charge in [-0.1, -0.05) is 42.0 Å². The summed E-state index contributed by atoms with van der Waals surface area (Å²) in [4.78, 5) is 0. The topological polar surface area (TPSA) is 12.0 Å². The Hall–Kier alpha value is -1.67. The smallest absolute Gasteiger partial charge is 0.123 e. The Labute approximate surface area is 114 Å². The van der Waals surface area contributed by atoms with Crippen molar-refractivity contribution in [2.24, 2.45) is 0 Å². The Morgan fingerprint density at radius 1 is 1.11 bits per heavy atom. The maximum atomic E-state index is 12.9. The SMILES string of the molecule is CNCC(Cc1ccc(F)cc1)c1cccc(C)c1. The largest absolute Gasteiger partial charge is 0.319 e. The van der Waals surface area contributed by atoms with E-state index in [0.717, 1.165) is 13.0 Å². The van der Waals surface area contributed by atoms with E-state index in [9.17, 15) is 4.39 Å². The summed E-state index contributed by atoms with van der Waals surface area (Å²) < 4.78 is 12.9. The molecular formula is C17H20FN. The van der Waals surface area contributed by atoms with Crippen LogP contribution in [0.4, 0.5) is 4.39 Å². The first-order chi connectivity index (χ1) is 9.19. The van der Waals surface area contributed by atoms with Gasteiger partial charge in [-0.2, -0.15) is 0 Å². The number of rotatable bonds is 5. The van der Waals surface area contributed by atoms with Gasteiger partial charge in [0.1, 0.15) is 5.82 Å². The second-order valence-electron chi connectivity index (χ2n) is 5.00. The van der Waals surface area contributed by atoms with Crippen LogP contribution < -0.4 is 5.32 Å². The summed E-state index contributed by atoms with van der Waals surface area (Å²) in [7, 11) is 1.97. The average Bonchev–Trinajstić information content (AvgIpc) is 2.41. The number of halogens is 1. The quantitative estimate of drug-likeness (QED) is 0.861. The fourth-order valence-electron chi connectivity index (χ4n) is 2.38. The van der Waals surface area contributed by atoms with Crippen LogP contribution in [0.25, 0.3) is 0 Å². The Morgan fingerprint density at radius 3 is 2.47 bits per heavy atom. The lowest BCUT2D eigenvalue weighted by molar-refractivity contribution is 0.615. The summed E-state index contributed by atoms with van der Waals surface area (Å²) in [6, 6.07) is 15.4. The van der Waals surface area contributed by atoms with Crippen LogP contribution in [0.2, 0.25) is 0 Å². The molecule has 2 aromatic carbocycles. The van der Waals surface area contributed by atoms with Crippen molar-refractivity contribution in [2.45, 2.75) is 19.3 Å². The molecule has 2 heteroatoms. The molecule has 0 spiro atoms. The molecule has 1 atom stereocenters. The maximum absolute atomic E-state index is 12.9. The first-order valence-electron chi connectivity index (χ1n) is 6.64. The van der Waals surface area contributed by atoms with Crippen molar-refractivity contribution in [3.05, 3.63) is 71.0 Å². The number of hydrogen-bond donors (Lipinski definition) is 1. The van der Waals surface area contributed by atoms with Crippen LogP contribution in [0, 0.1) is 12.7 Å². The van der Waals surface area contributed by atoms with E-state index < -0.39 is 0 Å². The normalized spacial score (nSPS) is 12.4. The maximum Gasteiger partial charge on any atom is 0.123 e. The molecule has 0 aliphatic heterocycles. The second-order valence-corrected chi connectivity index (χ2v) is 5.00. The molecule has 1 nitrogen and oxygen atoms in total. The molecule has 0 saturated heterocycles. The van der Waals surface area contributed by atoms with E-state index >= 15 is 0 Å². The third kappa shape index (κ3) is 3.90. The highest BCUT2D eigenvalue weighted by molar-refractivity contribution is 5.28. The van der Waals surface area contributed by atoms with Crippen LogP contribution in [0.3, 0.4) is 0 Å². The van der Waals surface area contributed by atoms with Gasteiger partial charge in [-0.15, -0.1) is 0 Å². The predicted octanol–water partition coefficient (Wildman–Crippen LogP) is 3.68. The average molecular weight is 257 g/mol. The zero-order valence-electron chi connectivity index (χ0n) is 11.5. The summed E-state index contributed by atoms with van der Waals surface area (Å²) >= 11 is 0. The third-order valence-electron chi connectivity index (χ3n) is 3.36. The van der Waals surface area contributed by atoms with Crippen LogP contribution >= 0.6 is 0 Å². The minimum atomic E-state index is -0.176. The second kappa shape index (κ2) is 6.48.